The average molecular weight is 318 g/mol. The molecule has 3 rings (SSSR count). The molecule has 1 aromatic heterocycles. The van der Waals surface area contributed by atoms with E-state index in [1.807, 2.05) is 56.3 Å². The van der Waals surface area contributed by atoms with Crippen molar-refractivity contribution < 1.29 is 4.79 Å². The monoisotopic (exact) mass is 318 g/mol. The van der Waals surface area contributed by atoms with Gasteiger partial charge < -0.3 is 5.32 Å². The first-order chi connectivity index (χ1) is 11.5. The first-order valence-electron chi connectivity index (χ1n) is 8.26. The fourth-order valence-corrected chi connectivity index (χ4v) is 2.90. The standard InChI is InChI=1S/C21H22N2O/c1-14-9-10-20-18(11-14)19(12-16(3)23-20)21(24)22-13-15(2)17-7-5-4-6-8-17/h4-12,15H,13H2,1-3H3,(H,22,24)/t15-/m0/s1. The lowest BCUT2D eigenvalue weighted by Crippen LogP contribution is -2.27. The van der Waals surface area contributed by atoms with Crippen LogP contribution in [-0.4, -0.2) is 17.4 Å². The largest absolute Gasteiger partial charge is 0.351 e. The van der Waals surface area contributed by atoms with Crippen molar-refractivity contribution in [1.82, 2.24) is 10.3 Å². The lowest BCUT2D eigenvalue weighted by molar-refractivity contribution is 0.0953. The molecule has 0 fully saturated rings. The second-order valence-electron chi connectivity index (χ2n) is 6.35. The van der Waals surface area contributed by atoms with E-state index < -0.39 is 0 Å². The van der Waals surface area contributed by atoms with E-state index in [9.17, 15) is 4.79 Å². The maximum Gasteiger partial charge on any atom is 0.252 e. The van der Waals surface area contributed by atoms with Gasteiger partial charge in [-0.1, -0.05) is 48.9 Å². The third kappa shape index (κ3) is 3.46. The molecule has 1 amide bonds. The molecule has 0 unspecified atom stereocenters. The molecule has 24 heavy (non-hydrogen) atoms. The van der Waals surface area contributed by atoms with Crippen LogP contribution in [-0.2, 0) is 0 Å². The molecule has 1 atom stereocenters. The second-order valence-corrected chi connectivity index (χ2v) is 6.35. The van der Waals surface area contributed by atoms with E-state index in [2.05, 4.69) is 29.4 Å². The van der Waals surface area contributed by atoms with Crippen molar-refractivity contribution >= 4 is 16.8 Å². The van der Waals surface area contributed by atoms with Gasteiger partial charge in [0.2, 0.25) is 0 Å². The molecule has 0 saturated heterocycles. The fraction of sp³-hybridized carbons (Fsp3) is 0.238. The van der Waals surface area contributed by atoms with Crippen molar-refractivity contribution in [1.29, 1.82) is 0 Å². The van der Waals surface area contributed by atoms with Gasteiger partial charge in [-0.3, -0.25) is 9.78 Å². The summed E-state index contributed by atoms with van der Waals surface area (Å²) in [6.45, 7) is 6.67. The highest BCUT2D eigenvalue weighted by atomic mass is 16.1. The molecule has 122 valence electrons. The van der Waals surface area contributed by atoms with Crippen LogP contribution in [0.2, 0.25) is 0 Å². The zero-order valence-corrected chi connectivity index (χ0v) is 14.3. The Labute approximate surface area is 142 Å². The quantitative estimate of drug-likeness (QED) is 0.775. The molecule has 0 saturated carbocycles. The number of aryl methyl sites for hydroxylation is 2. The molecule has 3 nitrogen and oxygen atoms in total. The number of hydrogen-bond donors (Lipinski definition) is 1. The van der Waals surface area contributed by atoms with Crippen LogP contribution in [0.5, 0.6) is 0 Å². The van der Waals surface area contributed by atoms with Crippen LogP contribution in [0.3, 0.4) is 0 Å². The van der Waals surface area contributed by atoms with Crippen molar-refractivity contribution in [2.24, 2.45) is 0 Å². The SMILES string of the molecule is Cc1ccc2nc(C)cc(C(=O)NC[C@H](C)c3ccccc3)c2c1. The molecule has 0 aliphatic carbocycles. The van der Waals surface area contributed by atoms with E-state index in [0.29, 0.717) is 12.1 Å². The number of aromatic nitrogens is 1. The summed E-state index contributed by atoms with van der Waals surface area (Å²) >= 11 is 0. The summed E-state index contributed by atoms with van der Waals surface area (Å²) in [5.74, 6) is 0.227. The highest BCUT2D eigenvalue weighted by Gasteiger charge is 2.13. The highest BCUT2D eigenvalue weighted by Crippen LogP contribution is 2.20. The topological polar surface area (TPSA) is 42.0 Å². The Morgan fingerprint density at radius 3 is 2.58 bits per heavy atom. The summed E-state index contributed by atoms with van der Waals surface area (Å²) in [5.41, 5.74) is 4.76. The van der Waals surface area contributed by atoms with Gasteiger partial charge in [0.05, 0.1) is 11.1 Å². The van der Waals surface area contributed by atoms with E-state index in [0.717, 1.165) is 22.2 Å². The Morgan fingerprint density at radius 1 is 1.08 bits per heavy atom. The lowest BCUT2D eigenvalue weighted by atomic mass is 10.0. The van der Waals surface area contributed by atoms with Crippen molar-refractivity contribution in [3.63, 3.8) is 0 Å². The Balaban J connectivity index is 1.82. The number of nitrogens with zero attached hydrogens (tertiary/aromatic N) is 1. The Kier molecular flexibility index (Phi) is 4.61. The number of amides is 1. The molecule has 2 aromatic carbocycles. The van der Waals surface area contributed by atoms with Gasteiger partial charge >= 0.3 is 0 Å². The Bertz CT molecular complexity index is 872. The van der Waals surface area contributed by atoms with Crippen molar-refractivity contribution in [2.45, 2.75) is 26.7 Å². The molecule has 0 aliphatic rings. The first-order valence-corrected chi connectivity index (χ1v) is 8.26. The number of carbonyl (C=O) groups is 1. The summed E-state index contributed by atoms with van der Waals surface area (Å²) in [6, 6.07) is 18.1. The van der Waals surface area contributed by atoms with Gasteiger partial charge in [-0.2, -0.15) is 0 Å². The van der Waals surface area contributed by atoms with Crippen LogP contribution in [0.1, 0.15) is 40.0 Å². The van der Waals surface area contributed by atoms with Crippen molar-refractivity contribution in [3.05, 3.63) is 77.0 Å². The maximum absolute atomic E-state index is 12.7. The molecule has 1 N–H and O–H groups in total. The van der Waals surface area contributed by atoms with Gasteiger partial charge in [0.25, 0.3) is 5.91 Å². The number of pyridine rings is 1. The molecule has 1 heterocycles. The van der Waals surface area contributed by atoms with E-state index in [1.54, 1.807) is 0 Å². The van der Waals surface area contributed by atoms with Gasteiger partial charge in [-0.05, 0) is 43.5 Å². The van der Waals surface area contributed by atoms with Crippen LogP contribution in [0.15, 0.2) is 54.6 Å². The number of fused-ring (bicyclic) bond motifs is 1. The molecule has 0 spiro atoms. The predicted octanol–water partition coefficient (Wildman–Crippen LogP) is 4.39. The minimum absolute atomic E-state index is 0.0427. The van der Waals surface area contributed by atoms with Gasteiger partial charge in [-0.15, -0.1) is 0 Å². The zero-order valence-electron chi connectivity index (χ0n) is 14.3. The second kappa shape index (κ2) is 6.83. The molecule has 0 radical (unpaired) electrons. The van der Waals surface area contributed by atoms with E-state index in [-0.39, 0.29) is 11.8 Å². The van der Waals surface area contributed by atoms with Crippen LogP contribution in [0, 0.1) is 13.8 Å². The van der Waals surface area contributed by atoms with Gasteiger partial charge in [-0.25, -0.2) is 0 Å². The summed E-state index contributed by atoms with van der Waals surface area (Å²) in [4.78, 5) is 17.2. The molecule has 0 aliphatic heterocycles. The van der Waals surface area contributed by atoms with Gasteiger partial charge in [0, 0.05) is 17.6 Å². The minimum Gasteiger partial charge on any atom is -0.351 e. The zero-order chi connectivity index (χ0) is 17.1. The minimum atomic E-state index is -0.0427. The van der Waals surface area contributed by atoms with E-state index in [4.69, 9.17) is 0 Å². The fourth-order valence-electron chi connectivity index (χ4n) is 2.90. The van der Waals surface area contributed by atoms with E-state index >= 15 is 0 Å². The van der Waals surface area contributed by atoms with Crippen LogP contribution >= 0.6 is 0 Å². The molecule has 3 heteroatoms. The molecule has 3 aromatic rings. The highest BCUT2D eigenvalue weighted by molar-refractivity contribution is 6.06. The first kappa shape index (κ1) is 16.2. The summed E-state index contributed by atoms with van der Waals surface area (Å²) in [5, 5.41) is 3.98. The van der Waals surface area contributed by atoms with Gasteiger partial charge in [0.1, 0.15) is 0 Å². The third-order valence-electron chi connectivity index (χ3n) is 4.27. The van der Waals surface area contributed by atoms with E-state index in [1.165, 1.54) is 5.56 Å². The number of nitrogens with one attached hydrogen (secondary N) is 1. The third-order valence-corrected chi connectivity index (χ3v) is 4.27. The summed E-state index contributed by atoms with van der Waals surface area (Å²) in [7, 11) is 0. The van der Waals surface area contributed by atoms with Crippen molar-refractivity contribution in [2.75, 3.05) is 6.54 Å². The van der Waals surface area contributed by atoms with Crippen LogP contribution in [0.4, 0.5) is 0 Å². The Hall–Kier alpha value is -2.68. The summed E-state index contributed by atoms with van der Waals surface area (Å²) < 4.78 is 0. The van der Waals surface area contributed by atoms with Crippen molar-refractivity contribution in [3.8, 4) is 0 Å². The average Bonchev–Trinajstić information content (AvgIpc) is 2.59. The number of hydrogen-bond acceptors (Lipinski definition) is 2. The molecule has 0 bridgehead atoms. The predicted molar refractivity (Wildman–Crippen MR) is 98.4 cm³/mol. The number of benzene rings is 2. The number of rotatable bonds is 4. The van der Waals surface area contributed by atoms with Crippen LogP contribution in [0.25, 0.3) is 10.9 Å². The Morgan fingerprint density at radius 2 is 1.83 bits per heavy atom. The smallest absolute Gasteiger partial charge is 0.252 e. The van der Waals surface area contributed by atoms with Gasteiger partial charge in [0.15, 0.2) is 0 Å². The number of carbonyl (C=O) groups excluding carboxylic acids is 1. The normalized spacial score (nSPS) is 12.1. The van der Waals surface area contributed by atoms with Crippen LogP contribution < -0.4 is 5.32 Å². The molecular weight excluding hydrogens is 296 g/mol. The molecular formula is C21H22N2O. The summed E-state index contributed by atoms with van der Waals surface area (Å²) in [6.07, 6.45) is 0. The lowest BCUT2D eigenvalue weighted by Gasteiger charge is -2.14. The maximum atomic E-state index is 12.7.